The van der Waals surface area contributed by atoms with Gasteiger partial charge < -0.3 is 9.84 Å². The molecule has 0 heterocycles. The van der Waals surface area contributed by atoms with E-state index in [1.54, 1.807) is 42.5 Å². The van der Waals surface area contributed by atoms with Gasteiger partial charge in [0, 0.05) is 10.6 Å². The average molecular weight is 371 g/mol. The molecular formula is C22H23ClO3. The second-order valence-corrected chi connectivity index (χ2v) is 7.14. The van der Waals surface area contributed by atoms with Crippen LogP contribution in [0.1, 0.15) is 48.0 Å². The van der Waals surface area contributed by atoms with E-state index in [2.05, 4.69) is 0 Å². The van der Waals surface area contributed by atoms with Gasteiger partial charge in [-0.1, -0.05) is 36.9 Å². The largest absolute Gasteiger partial charge is 0.507 e. The van der Waals surface area contributed by atoms with E-state index in [9.17, 15) is 9.90 Å². The number of benzene rings is 2. The van der Waals surface area contributed by atoms with Crippen molar-refractivity contribution in [1.82, 2.24) is 0 Å². The van der Waals surface area contributed by atoms with Crippen LogP contribution in [-0.2, 0) is 0 Å². The van der Waals surface area contributed by atoms with Crippen LogP contribution in [0, 0.1) is 5.92 Å². The van der Waals surface area contributed by atoms with Crippen molar-refractivity contribution < 1.29 is 14.6 Å². The van der Waals surface area contributed by atoms with Crippen molar-refractivity contribution in [3.05, 3.63) is 64.7 Å². The zero-order valence-corrected chi connectivity index (χ0v) is 15.4. The van der Waals surface area contributed by atoms with Gasteiger partial charge in [-0.15, -0.1) is 0 Å². The van der Waals surface area contributed by atoms with E-state index in [0.717, 1.165) is 0 Å². The molecule has 0 amide bonds. The molecule has 3 nitrogen and oxygen atoms in total. The maximum absolute atomic E-state index is 12.3. The summed E-state index contributed by atoms with van der Waals surface area (Å²) < 4.78 is 5.97. The lowest BCUT2D eigenvalue weighted by Gasteiger charge is -2.22. The first-order chi connectivity index (χ1) is 12.6. The van der Waals surface area contributed by atoms with Crippen LogP contribution in [0.4, 0.5) is 0 Å². The minimum atomic E-state index is -0.150. The number of aromatic hydroxyl groups is 1. The van der Waals surface area contributed by atoms with E-state index in [4.69, 9.17) is 16.3 Å². The number of carbonyl (C=O) groups excluding carboxylic acids is 1. The van der Waals surface area contributed by atoms with Crippen molar-refractivity contribution in [2.24, 2.45) is 5.92 Å². The summed E-state index contributed by atoms with van der Waals surface area (Å²) in [5.41, 5.74) is 1.08. The lowest BCUT2D eigenvalue weighted by atomic mass is 9.90. The fraction of sp³-hybridized carbons (Fsp3) is 0.318. The Morgan fingerprint density at radius 2 is 1.85 bits per heavy atom. The molecule has 2 aromatic rings. The molecule has 26 heavy (non-hydrogen) atoms. The Labute approximate surface area is 159 Å². The predicted octanol–water partition coefficient (Wildman–Crippen LogP) is 5.90. The first-order valence-corrected chi connectivity index (χ1v) is 9.44. The van der Waals surface area contributed by atoms with Crippen LogP contribution in [0.25, 0.3) is 6.08 Å². The molecule has 4 heteroatoms. The molecule has 0 radical (unpaired) electrons. The fourth-order valence-electron chi connectivity index (χ4n) is 3.26. The molecular weight excluding hydrogens is 348 g/mol. The van der Waals surface area contributed by atoms with E-state index in [1.165, 1.54) is 38.2 Å². The van der Waals surface area contributed by atoms with Crippen LogP contribution in [0.3, 0.4) is 0 Å². The zero-order valence-electron chi connectivity index (χ0n) is 14.7. The van der Waals surface area contributed by atoms with Crippen molar-refractivity contribution >= 4 is 23.5 Å². The number of rotatable bonds is 6. The molecule has 0 aromatic heterocycles. The third kappa shape index (κ3) is 4.89. The first-order valence-electron chi connectivity index (χ1n) is 9.06. The lowest BCUT2D eigenvalue weighted by molar-refractivity contribution is 0.104. The molecule has 2 aromatic carbocycles. The highest BCUT2D eigenvalue weighted by molar-refractivity contribution is 6.30. The zero-order chi connectivity index (χ0) is 18.4. The SMILES string of the molecule is O=C(/C=C/c1c(O)cccc1OCC1CCCCC1)c1ccc(Cl)cc1. The van der Waals surface area contributed by atoms with Gasteiger partial charge in [0.15, 0.2) is 5.78 Å². The molecule has 1 aliphatic rings. The Morgan fingerprint density at radius 3 is 2.58 bits per heavy atom. The summed E-state index contributed by atoms with van der Waals surface area (Å²) in [6.07, 6.45) is 9.28. The highest BCUT2D eigenvalue weighted by Crippen LogP contribution is 2.31. The third-order valence-electron chi connectivity index (χ3n) is 4.77. The molecule has 0 aliphatic heterocycles. The van der Waals surface area contributed by atoms with E-state index < -0.39 is 0 Å². The minimum Gasteiger partial charge on any atom is -0.507 e. The van der Waals surface area contributed by atoms with Crippen molar-refractivity contribution in [3.8, 4) is 11.5 Å². The van der Waals surface area contributed by atoms with Crippen molar-refractivity contribution in [2.75, 3.05) is 6.61 Å². The lowest BCUT2D eigenvalue weighted by Crippen LogP contribution is -2.15. The predicted molar refractivity (Wildman–Crippen MR) is 105 cm³/mol. The smallest absolute Gasteiger partial charge is 0.185 e. The molecule has 0 spiro atoms. The molecule has 1 fully saturated rings. The van der Waals surface area contributed by atoms with Crippen LogP contribution >= 0.6 is 11.6 Å². The molecule has 1 N–H and O–H groups in total. The summed E-state index contributed by atoms with van der Waals surface area (Å²) in [6, 6.07) is 11.9. The van der Waals surface area contributed by atoms with Gasteiger partial charge in [0.2, 0.25) is 0 Å². The van der Waals surface area contributed by atoms with Gasteiger partial charge in [-0.2, -0.15) is 0 Å². The van der Waals surface area contributed by atoms with E-state index in [1.807, 2.05) is 6.07 Å². The second-order valence-electron chi connectivity index (χ2n) is 6.71. The maximum Gasteiger partial charge on any atom is 0.185 e. The Morgan fingerprint density at radius 1 is 1.12 bits per heavy atom. The maximum atomic E-state index is 12.3. The van der Waals surface area contributed by atoms with Crippen LogP contribution in [0.5, 0.6) is 11.5 Å². The third-order valence-corrected chi connectivity index (χ3v) is 5.02. The Kier molecular flexibility index (Phi) is 6.35. The summed E-state index contributed by atoms with van der Waals surface area (Å²) in [7, 11) is 0. The first kappa shape index (κ1) is 18.5. The van der Waals surface area contributed by atoms with Crippen LogP contribution in [0.15, 0.2) is 48.5 Å². The van der Waals surface area contributed by atoms with Gasteiger partial charge in [-0.05, 0) is 67.3 Å². The summed E-state index contributed by atoms with van der Waals surface area (Å²) in [5.74, 6) is 1.13. The van der Waals surface area contributed by atoms with Gasteiger partial charge in [0.25, 0.3) is 0 Å². The Bertz CT molecular complexity index is 774. The van der Waals surface area contributed by atoms with Gasteiger partial charge in [0.1, 0.15) is 11.5 Å². The van der Waals surface area contributed by atoms with Gasteiger partial charge in [-0.25, -0.2) is 0 Å². The summed E-state index contributed by atoms with van der Waals surface area (Å²) >= 11 is 5.85. The molecule has 1 saturated carbocycles. The second kappa shape index (κ2) is 8.91. The number of carbonyl (C=O) groups is 1. The highest BCUT2D eigenvalue weighted by atomic mass is 35.5. The Balaban J connectivity index is 1.71. The minimum absolute atomic E-state index is 0.103. The fourth-order valence-corrected chi connectivity index (χ4v) is 3.38. The summed E-state index contributed by atoms with van der Waals surface area (Å²) in [5, 5.41) is 10.8. The number of phenolic OH excluding ortho intramolecular Hbond substituents is 1. The normalized spacial score (nSPS) is 15.3. The summed E-state index contributed by atoms with van der Waals surface area (Å²) in [6.45, 7) is 0.648. The topological polar surface area (TPSA) is 46.5 Å². The number of hydrogen-bond acceptors (Lipinski definition) is 3. The quantitative estimate of drug-likeness (QED) is 0.508. The van der Waals surface area contributed by atoms with Crippen LogP contribution < -0.4 is 4.74 Å². The molecule has 0 bridgehead atoms. The average Bonchev–Trinajstić information content (AvgIpc) is 2.67. The van der Waals surface area contributed by atoms with Crippen molar-refractivity contribution in [2.45, 2.75) is 32.1 Å². The number of phenols is 1. The number of ether oxygens (including phenoxy) is 1. The van der Waals surface area contributed by atoms with E-state index >= 15 is 0 Å². The number of allylic oxidation sites excluding steroid dienone is 1. The van der Waals surface area contributed by atoms with E-state index in [-0.39, 0.29) is 11.5 Å². The monoisotopic (exact) mass is 370 g/mol. The van der Waals surface area contributed by atoms with Gasteiger partial charge >= 0.3 is 0 Å². The van der Waals surface area contributed by atoms with E-state index in [0.29, 0.717) is 34.4 Å². The molecule has 3 rings (SSSR count). The molecule has 1 aliphatic carbocycles. The molecule has 136 valence electrons. The van der Waals surface area contributed by atoms with Crippen LogP contribution in [0.2, 0.25) is 5.02 Å². The van der Waals surface area contributed by atoms with Crippen LogP contribution in [-0.4, -0.2) is 17.5 Å². The molecule has 0 atom stereocenters. The Hall–Kier alpha value is -2.26. The standard InChI is InChI=1S/C22H23ClO3/c23-18-11-9-17(10-12-18)20(24)14-13-19-21(25)7-4-8-22(19)26-15-16-5-2-1-3-6-16/h4,7-14,16,25H,1-3,5-6,15H2/b14-13+. The highest BCUT2D eigenvalue weighted by Gasteiger charge is 2.15. The number of halogens is 1. The van der Waals surface area contributed by atoms with Crippen molar-refractivity contribution in [1.29, 1.82) is 0 Å². The summed E-state index contributed by atoms with van der Waals surface area (Å²) in [4.78, 5) is 12.3. The van der Waals surface area contributed by atoms with Crippen molar-refractivity contribution in [3.63, 3.8) is 0 Å². The van der Waals surface area contributed by atoms with Gasteiger partial charge in [0.05, 0.1) is 12.2 Å². The van der Waals surface area contributed by atoms with Gasteiger partial charge in [-0.3, -0.25) is 4.79 Å². The number of hydrogen-bond donors (Lipinski definition) is 1. The molecule has 0 unspecified atom stereocenters. The number of ketones is 1. The molecule has 0 saturated heterocycles.